The first-order valence-electron chi connectivity index (χ1n) is 9.73. The fourth-order valence-electron chi connectivity index (χ4n) is 3.29. The Kier molecular flexibility index (Phi) is 5.77. The molecule has 0 atom stereocenters. The molecule has 2 aliphatic rings. The molecule has 2 aromatic heterocycles. The molecule has 0 unspecified atom stereocenters. The van der Waals surface area contributed by atoms with E-state index in [0.29, 0.717) is 14.8 Å². The van der Waals surface area contributed by atoms with Gasteiger partial charge in [0.1, 0.15) is 0 Å². The Labute approximate surface area is 171 Å². The molecular formula is C20H23N3O3S2. The van der Waals surface area contributed by atoms with E-state index in [-0.39, 0.29) is 23.6 Å². The monoisotopic (exact) mass is 417 g/mol. The average molecular weight is 418 g/mol. The molecule has 148 valence electrons. The van der Waals surface area contributed by atoms with Gasteiger partial charge in [0.2, 0.25) is 5.91 Å². The first-order valence-corrected chi connectivity index (χ1v) is 11.4. The quantitative estimate of drug-likeness (QED) is 0.660. The lowest BCUT2D eigenvalue weighted by Crippen LogP contribution is -2.41. The van der Waals surface area contributed by atoms with Crippen LogP contribution in [0.2, 0.25) is 0 Å². The van der Waals surface area contributed by atoms with Gasteiger partial charge in [-0.1, -0.05) is 12.8 Å². The topological polar surface area (TPSA) is 87.3 Å². The van der Waals surface area contributed by atoms with Crippen LogP contribution in [0.25, 0.3) is 0 Å². The van der Waals surface area contributed by atoms with E-state index in [4.69, 9.17) is 0 Å². The zero-order chi connectivity index (χ0) is 19.5. The van der Waals surface area contributed by atoms with Crippen LogP contribution < -0.4 is 16.2 Å². The molecule has 0 aliphatic heterocycles. The number of thiophene rings is 2. The zero-order valence-corrected chi connectivity index (χ0v) is 17.1. The van der Waals surface area contributed by atoms with Gasteiger partial charge in [-0.05, 0) is 62.3 Å². The number of fused-ring (bicyclic) bond motifs is 1. The molecule has 1 saturated carbocycles. The Morgan fingerprint density at radius 2 is 1.57 bits per heavy atom. The van der Waals surface area contributed by atoms with Crippen LogP contribution in [0.3, 0.4) is 0 Å². The molecule has 4 rings (SSSR count). The van der Waals surface area contributed by atoms with E-state index in [1.165, 1.54) is 58.8 Å². The summed E-state index contributed by atoms with van der Waals surface area (Å²) in [6.07, 6.45) is 8.75. The summed E-state index contributed by atoms with van der Waals surface area (Å²) >= 11 is 2.72. The number of anilines is 1. The van der Waals surface area contributed by atoms with E-state index in [0.717, 1.165) is 25.7 Å². The normalized spacial score (nSPS) is 16.4. The summed E-state index contributed by atoms with van der Waals surface area (Å²) in [5.74, 6) is -0.552. The first kappa shape index (κ1) is 19.1. The molecule has 6 nitrogen and oxygen atoms in total. The Bertz CT molecular complexity index is 873. The predicted molar refractivity (Wildman–Crippen MR) is 111 cm³/mol. The molecule has 1 fully saturated rings. The first-order chi connectivity index (χ1) is 13.6. The number of rotatable bonds is 4. The molecule has 28 heavy (non-hydrogen) atoms. The third-order valence-corrected chi connectivity index (χ3v) is 7.27. The largest absolute Gasteiger partial charge is 0.317 e. The van der Waals surface area contributed by atoms with Gasteiger partial charge in [0.25, 0.3) is 11.8 Å². The summed E-state index contributed by atoms with van der Waals surface area (Å²) in [6, 6.07) is 5.32. The molecule has 2 aliphatic carbocycles. The van der Waals surface area contributed by atoms with Crippen molar-refractivity contribution in [3.05, 3.63) is 38.4 Å². The van der Waals surface area contributed by atoms with Gasteiger partial charge >= 0.3 is 0 Å². The van der Waals surface area contributed by atoms with Gasteiger partial charge in [0, 0.05) is 10.8 Å². The molecule has 3 amide bonds. The van der Waals surface area contributed by atoms with E-state index >= 15 is 0 Å². The van der Waals surface area contributed by atoms with Crippen LogP contribution in [0.4, 0.5) is 5.00 Å². The number of hydrogen-bond donors (Lipinski definition) is 3. The average Bonchev–Trinajstić information content (AvgIpc) is 3.31. The summed E-state index contributed by atoms with van der Waals surface area (Å²) in [7, 11) is 0. The van der Waals surface area contributed by atoms with Gasteiger partial charge in [0.05, 0.1) is 14.8 Å². The lowest BCUT2D eigenvalue weighted by molar-refractivity contribution is -0.117. The second-order valence-corrected chi connectivity index (χ2v) is 9.53. The molecule has 0 bridgehead atoms. The van der Waals surface area contributed by atoms with E-state index in [2.05, 4.69) is 16.2 Å². The molecule has 0 saturated heterocycles. The van der Waals surface area contributed by atoms with E-state index < -0.39 is 0 Å². The SMILES string of the molecule is O=C(NNC(=O)c1cc2c(s1)CCCCCC2)c1ccc(NC(=O)C2CC2)s1. The lowest BCUT2D eigenvalue weighted by Gasteiger charge is -2.07. The highest BCUT2D eigenvalue weighted by Crippen LogP contribution is 2.32. The van der Waals surface area contributed by atoms with Gasteiger partial charge in [-0.15, -0.1) is 22.7 Å². The number of aryl methyl sites for hydroxylation is 2. The summed E-state index contributed by atoms with van der Waals surface area (Å²) in [6.45, 7) is 0. The minimum absolute atomic E-state index is 0.00960. The highest BCUT2D eigenvalue weighted by molar-refractivity contribution is 7.18. The standard InChI is InChI=1S/C20H23N3O3S2/c24-18(12-7-8-12)21-17-10-9-15(28-17)19(25)22-23-20(26)16-11-13-5-3-1-2-4-6-14(13)27-16/h9-12H,1-8H2,(H,21,24)(H,22,25)(H,23,26). The van der Waals surface area contributed by atoms with Crippen LogP contribution in [0.1, 0.15) is 68.3 Å². The van der Waals surface area contributed by atoms with Crippen molar-refractivity contribution < 1.29 is 14.4 Å². The lowest BCUT2D eigenvalue weighted by atomic mass is 10.00. The summed E-state index contributed by atoms with van der Waals surface area (Å²) in [4.78, 5) is 38.9. The maximum absolute atomic E-state index is 12.4. The summed E-state index contributed by atoms with van der Waals surface area (Å²) in [5, 5.41) is 3.47. The van der Waals surface area contributed by atoms with Crippen molar-refractivity contribution in [1.29, 1.82) is 0 Å². The highest BCUT2D eigenvalue weighted by Gasteiger charge is 2.30. The highest BCUT2D eigenvalue weighted by atomic mass is 32.1. The molecule has 0 spiro atoms. The van der Waals surface area contributed by atoms with Crippen LogP contribution in [0, 0.1) is 5.92 Å². The Balaban J connectivity index is 1.32. The van der Waals surface area contributed by atoms with Crippen LogP contribution in [-0.2, 0) is 17.6 Å². The molecular weight excluding hydrogens is 394 g/mol. The van der Waals surface area contributed by atoms with Crippen molar-refractivity contribution in [2.45, 2.75) is 51.4 Å². The minimum atomic E-state index is -0.389. The number of amides is 3. The number of carbonyl (C=O) groups is 3. The molecule has 3 N–H and O–H groups in total. The maximum atomic E-state index is 12.4. The Hall–Kier alpha value is -2.19. The van der Waals surface area contributed by atoms with Crippen molar-refractivity contribution in [2.24, 2.45) is 5.92 Å². The summed E-state index contributed by atoms with van der Waals surface area (Å²) < 4.78 is 0. The number of carbonyl (C=O) groups excluding carboxylic acids is 3. The molecule has 2 aromatic rings. The van der Waals surface area contributed by atoms with Gasteiger partial charge < -0.3 is 5.32 Å². The van der Waals surface area contributed by atoms with E-state index in [9.17, 15) is 14.4 Å². The van der Waals surface area contributed by atoms with Crippen LogP contribution in [0.5, 0.6) is 0 Å². The second-order valence-electron chi connectivity index (χ2n) is 7.31. The van der Waals surface area contributed by atoms with E-state index in [1.807, 2.05) is 6.07 Å². The smallest absolute Gasteiger partial charge is 0.279 e. The van der Waals surface area contributed by atoms with Gasteiger partial charge in [-0.3, -0.25) is 25.2 Å². The van der Waals surface area contributed by atoms with Gasteiger partial charge in [-0.2, -0.15) is 0 Å². The predicted octanol–water partition coefficient (Wildman–Crippen LogP) is 3.89. The van der Waals surface area contributed by atoms with Gasteiger partial charge in [0.15, 0.2) is 0 Å². The third-order valence-electron chi connectivity index (χ3n) is 5.03. The van der Waals surface area contributed by atoms with Crippen LogP contribution in [-0.4, -0.2) is 17.7 Å². The fourth-order valence-corrected chi connectivity index (χ4v) is 5.24. The van der Waals surface area contributed by atoms with Gasteiger partial charge in [-0.25, -0.2) is 0 Å². The molecule has 0 radical (unpaired) electrons. The summed E-state index contributed by atoms with van der Waals surface area (Å²) in [5.41, 5.74) is 6.25. The Morgan fingerprint density at radius 1 is 0.857 bits per heavy atom. The van der Waals surface area contributed by atoms with Crippen molar-refractivity contribution >= 4 is 45.4 Å². The molecule has 2 heterocycles. The fraction of sp³-hybridized carbons (Fsp3) is 0.450. The Morgan fingerprint density at radius 3 is 2.32 bits per heavy atom. The molecule has 8 heteroatoms. The van der Waals surface area contributed by atoms with Crippen molar-refractivity contribution in [2.75, 3.05) is 5.32 Å². The second kappa shape index (κ2) is 8.45. The van der Waals surface area contributed by atoms with E-state index in [1.54, 1.807) is 12.1 Å². The minimum Gasteiger partial charge on any atom is -0.317 e. The third kappa shape index (κ3) is 4.62. The number of hydrogen-bond acceptors (Lipinski definition) is 5. The van der Waals surface area contributed by atoms with Crippen LogP contribution in [0.15, 0.2) is 18.2 Å². The van der Waals surface area contributed by atoms with Crippen molar-refractivity contribution in [1.82, 2.24) is 10.9 Å². The molecule has 0 aromatic carbocycles. The number of hydrazine groups is 1. The maximum Gasteiger partial charge on any atom is 0.279 e. The zero-order valence-electron chi connectivity index (χ0n) is 15.5. The van der Waals surface area contributed by atoms with Crippen molar-refractivity contribution in [3.8, 4) is 0 Å². The number of nitrogens with one attached hydrogen (secondary N) is 3. The van der Waals surface area contributed by atoms with Crippen molar-refractivity contribution in [3.63, 3.8) is 0 Å². The van der Waals surface area contributed by atoms with Crippen LogP contribution >= 0.6 is 22.7 Å².